The van der Waals surface area contributed by atoms with Gasteiger partial charge in [0.1, 0.15) is 0 Å². The van der Waals surface area contributed by atoms with Crippen LogP contribution in [-0.2, 0) is 0 Å². The topological polar surface area (TPSA) is 15.3 Å². The van der Waals surface area contributed by atoms with E-state index in [1.807, 2.05) is 24.3 Å². The molecule has 2 aromatic rings. The van der Waals surface area contributed by atoms with E-state index in [9.17, 15) is 0 Å². The molecule has 1 N–H and O–H groups in total. The molecule has 0 saturated carbocycles. The van der Waals surface area contributed by atoms with Gasteiger partial charge in [0.2, 0.25) is 0 Å². The van der Waals surface area contributed by atoms with E-state index >= 15 is 0 Å². The van der Waals surface area contributed by atoms with Crippen molar-refractivity contribution in [2.24, 2.45) is 0 Å². The first-order valence-electron chi connectivity index (χ1n) is 5.28. The van der Waals surface area contributed by atoms with Crippen molar-refractivity contribution in [2.45, 2.75) is 0 Å². The van der Waals surface area contributed by atoms with Crippen LogP contribution in [0, 0.1) is 0 Å². The Kier molecular flexibility index (Phi) is 2.85. The third kappa shape index (κ3) is 2.07. The summed E-state index contributed by atoms with van der Waals surface area (Å²) in [4.78, 5) is 0. The number of benzene rings is 2. The van der Waals surface area contributed by atoms with Crippen LogP contribution in [0.3, 0.4) is 0 Å². The standard InChI is InChI=1S/C13H10N2SSe/c16-13-14-11-8-4-5-9-12(11)17-15(13)10-6-2-1-3-7-10/h1-9H,(H,14,16). The molecule has 84 valence electrons. The Morgan fingerprint density at radius 1 is 0.941 bits per heavy atom. The molecule has 0 amide bonds. The van der Waals surface area contributed by atoms with Crippen molar-refractivity contribution in [3.05, 3.63) is 54.6 Å². The van der Waals surface area contributed by atoms with Gasteiger partial charge in [-0.3, -0.25) is 0 Å². The van der Waals surface area contributed by atoms with Gasteiger partial charge in [-0.25, -0.2) is 0 Å². The Bertz CT molecular complexity index is 556. The van der Waals surface area contributed by atoms with E-state index in [2.05, 4.69) is 39.6 Å². The van der Waals surface area contributed by atoms with Gasteiger partial charge in [-0.1, -0.05) is 0 Å². The van der Waals surface area contributed by atoms with Crippen LogP contribution in [0.4, 0.5) is 11.4 Å². The van der Waals surface area contributed by atoms with Gasteiger partial charge in [0.05, 0.1) is 0 Å². The van der Waals surface area contributed by atoms with E-state index in [-0.39, 0.29) is 15.2 Å². The third-order valence-electron chi connectivity index (χ3n) is 2.49. The van der Waals surface area contributed by atoms with Crippen LogP contribution in [0.2, 0.25) is 0 Å². The third-order valence-corrected chi connectivity index (χ3v) is 5.41. The van der Waals surface area contributed by atoms with Crippen LogP contribution in [-0.4, -0.2) is 20.3 Å². The summed E-state index contributed by atoms with van der Waals surface area (Å²) in [5, 5.41) is 4.07. The van der Waals surface area contributed by atoms with Crippen molar-refractivity contribution in [3.8, 4) is 0 Å². The fraction of sp³-hybridized carbons (Fsp3) is 0. The minimum absolute atomic E-state index is 0.209. The SMILES string of the molecule is S=C1Nc2ccccc2[Se]N1c1ccccc1. The van der Waals surface area contributed by atoms with Gasteiger partial charge in [0, 0.05) is 0 Å². The average Bonchev–Trinajstić information content (AvgIpc) is 2.39. The average molecular weight is 305 g/mol. The van der Waals surface area contributed by atoms with Crippen LogP contribution in [0.15, 0.2) is 54.6 Å². The molecule has 2 nitrogen and oxygen atoms in total. The van der Waals surface area contributed by atoms with Crippen molar-refractivity contribution in [3.63, 3.8) is 0 Å². The summed E-state index contributed by atoms with van der Waals surface area (Å²) >= 11 is 5.62. The van der Waals surface area contributed by atoms with E-state index in [1.54, 1.807) is 0 Å². The Morgan fingerprint density at radius 3 is 2.47 bits per heavy atom. The van der Waals surface area contributed by atoms with Crippen LogP contribution in [0.5, 0.6) is 0 Å². The van der Waals surface area contributed by atoms with E-state index < -0.39 is 0 Å². The molecule has 0 aliphatic carbocycles. The van der Waals surface area contributed by atoms with Crippen molar-refractivity contribution >= 4 is 48.3 Å². The predicted octanol–water partition coefficient (Wildman–Crippen LogP) is 2.15. The van der Waals surface area contributed by atoms with Crippen molar-refractivity contribution in [1.82, 2.24) is 0 Å². The fourth-order valence-corrected chi connectivity index (χ4v) is 4.01. The maximum absolute atomic E-state index is 5.42. The van der Waals surface area contributed by atoms with Gasteiger partial charge in [0.15, 0.2) is 0 Å². The van der Waals surface area contributed by atoms with E-state index in [1.165, 1.54) is 4.46 Å². The Morgan fingerprint density at radius 2 is 1.65 bits per heavy atom. The molecule has 3 rings (SSSR count). The molecule has 17 heavy (non-hydrogen) atoms. The number of hydrogen-bond donors (Lipinski definition) is 1. The van der Waals surface area contributed by atoms with E-state index in [0.29, 0.717) is 0 Å². The number of hydrogen-bond acceptors (Lipinski definition) is 1. The molecule has 0 bridgehead atoms. The molecule has 0 atom stereocenters. The zero-order valence-corrected chi connectivity index (χ0v) is 11.5. The molecule has 0 aromatic heterocycles. The minimum atomic E-state index is 0.209. The summed E-state index contributed by atoms with van der Waals surface area (Å²) < 4.78 is 3.50. The normalized spacial score (nSPS) is 14.1. The van der Waals surface area contributed by atoms with Crippen LogP contribution >= 0.6 is 12.2 Å². The van der Waals surface area contributed by atoms with Crippen molar-refractivity contribution < 1.29 is 0 Å². The molecule has 0 saturated heterocycles. The summed E-state index contributed by atoms with van der Waals surface area (Å²) in [6, 6.07) is 18.6. The maximum atomic E-state index is 5.42. The Labute approximate surface area is 112 Å². The van der Waals surface area contributed by atoms with Gasteiger partial charge in [-0.15, -0.1) is 0 Å². The van der Waals surface area contributed by atoms with Gasteiger partial charge < -0.3 is 0 Å². The first-order valence-corrected chi connectivity index (χ1v) is 7.31. The Balaban J connectivity index is 1.98. The zero-order chi connectivity index (χ0) is 11.7. The molecule has 1 heterocycles. The molecular formula is C13H10N2SSe. The summed E-state index contributed by atoms with van der Waals surface area (Å²) in [5.41, 5.74) is 2.30. The molecule has 0 unspecified atom stereocenters. The van der Waals surface area contributed by atoms with Crippen LogP contribution in [0.1, 0.15) is 0 Å². The second kappa shape index (κ2) is 4.49. The number of nitrogens with one attached hydrogen (secondary N) is 1. The number of nitrogens with zero attached hydrogens (tertiary/aromatic N) is 1. The molecule has 1 aliphatic heterocycles. The van der Waals surface area contributed by atoms with E-state index in [0.717, 1.165) is 16.5 Å². The van der Waals surface area contributed by atoms with Crippen LogP contribution < -0.4 is 13.7 Å². The number of fused-ring (bicyclic) bond motifs is 1. The molecule has 0 fully saturated rings. The number of anilines is 2. The Hall–Kier alpha value is -1.35. The molecule has 4 heteroatoms. The number of para-hydroxylation sites is 2. The van der Waals surface area contributed by atoms with Gasteiger partial charge >= 0.3 is 112 Å². The number of thiocarbonyl (C=S) groups is 1. The second-order valence-corrected chi connectivity index (χ2v) is 6.11. The quantitative estimate of drug-likeness (QED) is 0.642. The zero-order valence-electron chi connectivity index (χ0n) is 8.96. The van der Waals surface area contributed by atoms with Gasteiger partial charge in [-0.2, -0.15) is 0 Å². The second-order valence-electron chi connectivity index (χ2n) is 3.65. The molecule has 2 aromatic carbocycles. The number of rotatable bonds is 1. The molecule has 0 spiro atoms. The van der Waals surface area contributed by atoms with Crippen LogP contribution in [0.25, 0.3) is 0 Å². The summed E-state index contributed by atoms with van der Waals surface area (Å²) in [6.45, 7) is 0. The summed E-state index contributed by atoms with van der Waals surface area (Å²) in [6.07, 6.45) is 0. The van der Waals surface area contributed by atoms with Gasteiger partial charge in [-0.05, 0) is 0 Å². The fourth-order valence-electron chi connectivity index (χ4n) is 1.69. The molecule has 0 radical (unpaired) electrons. The first-order chi connectivity index (χ1) is 8.34. The van der Waals surface area contributed by atoms with Crippen molar-refractivity contribution in [2.75, 3.05) is 9.23 Å². The monoisotopic (exact) mass is 306 g/mol. The summed E-state index contributed by atoms with van der Waals surface area (Å²) in [5.74, 6) is 0. The predicted molar refractivity (Wildman–Crippen MR) is 77.0 cm³/mol. The van der Waals surface area contributed by atoms with Gasteiger partial charge in [0.25, 0.3) is 0 Å². The van der Waals surface area contributed by atoms with Crippen molar-refractivity contribution in [1.29, 1.82) is 0 Å². The molecule has 1 aliphatic rings. The first kappa shape index (κ1) is 10.8. The molecular weight excluding hydrogens is 295 g/mol. The summed E-state index contributed by atoms with van der Waals surface area (Å²) in [7, 11) is 0. The van der Waals surface area contributed by atoms with E-state index in [4.69, 9.17) is 12.2 Å².